The summed E-state index contributed by atoms with van der Waals surface area (Å²) in [4.78, 5) is 33.0. The molecule has 2 rings (SSSR count). The second-order valence-corrected chi connectivity index (χ2v) is 6.29. The molecule has 1 heterocycles. The molecule has 0 bridgehead atoms. The van der Waals surface area contributed by atoms with Crippen molar-refractivity contribution in [2.45, 2.75) is 33.0 Å². The van der Waals surface area contributed by atoms with Crippen LogP contribution in [0.4, 0.5) is 10.5 Å². The zero-order chi connectivity index (χ0) is 18.3. The van der Waals surface area contributed by atoms with Gasteiger partial charge >= 0.3 is 6.09 Å². The normalized spacial score (nSPS) is 10.8. The molecule has 25 heavy (non-hydrogen) atoms. The summed E-state index contributed by atoms with van der Waals surface area (Å²) in [6, 6.07) is 10.9. The Morgan fingerprint density at radius 1 is 1.12 bits per heavy atom. The van der Waals surface area contributed by atoms with Gasteiger partial charge in [-0.3, -0.25) is 19.9 Å². The Bertz CT molecular complexity index is 727. The van der Waals surface area contributed by atoms with E-state index in [2.05, 4.69) is 15.8 Å². The molecule has 2 N–H and O–H groups in total. The Balaban J connectivity index is 1.89. The molecule has 7 nitrogen and oxygen atoms in total. The summed E-state index contributed by atoms with van der Waals surface area (Å²) in [5.41, 5.74) is 3.27. The third-order valence-electron chi connectivity index (χ3n) is 2.89. The maximum atomic E-state index is 12.1. The van der Waals surface area contributed by atoms with Crippen LogP contribution >= 0.6 is 0 Å². The molecule has 1 aromatic carbocycles. The van der Waals surface area contributed by atoms with Crippen molar-refractivity contribution in [2.24, 2.45) is 0 Å². The van der Waals surface area contributed by atoms with Crippen LogP contribution in [0.15, 0.2) is 48.8 Å². The van der Waals surface area contributed by atoms with Crippen LogP contribution in [0.5, 0.6) is 0 Å². The van der Waals surface area contributed by atoms with Crippen LogP contribution in [0.25, 0.3) is 0 Å². The summed E-state index contributed by atoms with van der Waals surface area (Å²) in [5, 5.41) is 2.53. The minimum Gasteiger partial charge on any atom is -0.444 e. The van der Waals surface area contributed by atoms with Gasteiger partial charge in [-0.25, -0.2) is 10.3 Å². The summed E-state index contributed by atoms with van der Waals surface area (Å²) >= 11 is 0. The SMILES string of the molecule is CC(C)(C)OC(=O)Nc1cncc(C(=O)NOCc2ccccc2)c1. The molecule has 0 aliphatic carbocycles. The van der Waals surface area contributed by atoms with E-state index in [-0.39, 0.29) is 12.2 Å². The highest BCUT2D eigenvalue weighted by Gasteiger charge is 2.16. The predicted molar refractivity (Wildman–Crippen MR) is 92.8 cm³/mol. The third-order valence-corrected chi connectivity index (χ3v) is 2.89. The number of carbonyl (C=O) groups is 2. The molecule has 0 aliphatic rings. The first-order valence-electron chi connectivity index (χ1n) is 7.74. The third kappa shape index (κ3) is 6.60. The number of ether oxygens (including phenoxy) is 1. The summed E-state index contributed by atoms with van der Waals surface area (Å²) in [6.07, 6.45) is 2.18. The van der Waals surface area contributed by atoms with Crippen LogP contribution in [0, 0.1) is 0 Å². The zero-order valence-electron chi connectivity index (χ0n) is 14.4. The van der Waals surface area contributed by atoms with Gasteiger partial charge in [0.25, 0.3) is 5.91 Å². The maximum absolute atomic E-state index is 12.1. The quantitative estimate of drug-likeness (QED) is 0.813. The lowest BCUT2D eigenvalue weighted by molar-refractivity contribution is 0.0233. The number of anilines is 1. The van der Waals surface area contributed by atoms with Crippen molar-refractivity contribution in [3.8, 4) is 0 Å². The second kappa shape index (κ2) is 8.25. The van der Waals surface area contributed by atoms with Crippen LogP contribution in [-0.4, -0.2) is 22.6 Å². The fourth-order valence-corrected chi connectivity index (χ4v) is 1.87. The van der Waals surface area contributed by atoms with E-state index in [0.717, 1.165) is 5.56 Å². The van der Waals surface area contributed by atoms with Crippen LogP contribution in [0.1, 0.15) is 36.7 Å². The second-order valence-electron chi connectivity index (χ2n) is 6.29. The van der Waals surface area contributed by atoms with E-state index in [0.29, 0.717) is 5.69 Å². The van der Waals surface area contributed by atoms with E-state index >= 15 is 0 Å². The highest BCUT2D eigenvalue weighted by molar-refractivity contribution is 5.95. The summed E-state index contributed by atoms with van der Waals surface area (Å²) < 4.78 is 5.15. The summed E-state index contributed by atoms with van der Waals surface area (Å²) in [6.45, 7) is 5.53. The smallest absolute Gasteiger partial charge is 0.412 e. The maximum Gasteiger partial charge on any atom is 0.412 e. The number of pyridine rings is 1. The molecule has 0 saturated heterocycles. The molecule has 132 valence electrons. The highest BCUT2D eigenvalue weighted by atomic mass is 16.6. The van der Waals surface area contributed by atoms with Crippen LogP contribution in [-0.2, 0) is 16.2 Å². The monoisotopic (exact) mass is 343 g/mol. The van der Waals surface area contributed by atoms with Gasteiger partial charge in [0.15, 0.2) is 0 Å². The number of carbonyl (C=O) groups excluding carboxylic acids is 2. The lowest BCUT2D eigenvalue weighted by Gasteiger charge is -2.19. The molecule has 7 heteroatoms. The fraction of sp³-hybridized carbons (Fsp3) is 0.278. The number of nitrogens with zero attached hydrogens (tertiary/aromatic N) is 1. The van der Waals surface area contributed by atoms with Crippen LogP contribution in [0.2, 0.25) is 0 Å². The number of hydrogen-bond acceptors (Lipinski definition) is 5. The topological polar surface area (TPSA) is 89.5 Å². The number of hydrogen-bond donors (Lipinski definition) is 2. The van der Waals surface area contributed by atoms with E-state index in [1.807, 2.05) is 30.3 Å². The molecule has 0 atom stereocenters. The van der Waals surface area contributed by atoms with Crippen LogP contribution in [0.3, 0.4) is 0 Å². The Morgan fingerprint density at radius 3 is 2.52 bits per heavy atom. The van der Waals surface area contributed by atoms with Crippen molar-refractivity contribution in [2.75, 3.05) is 5.32 Å². The molecule has 1 aromatic heterocycles. The van der Waals surface area contributed by atoms with Gasteiger partial charge in [0.1, 0.15) is 5.60 Å². The van der Waals surface area contributed by atoms with E-state index in [9.17, 15) is 9.59 Å². The Hall–Kier alpha value is -2.93. The minimum absolute atomic E-state index is 0.246. The molecule has 0 aliphatic heterocycles. The van der Waals surface area contributed by atoms with Gasteiger partial charge in [-0.2, -0.15) is 0 Å². The van der Waals surface area contributed by atoms with Crippen molar-refractivity contribution in [1.82, 2.24) is 10.5 Å². The molecule has 0 saturated carbocycles. The van der Waals surface area contributed by atoms with Crippen molar-refractivity contribution in [3.63, 3.8) is 0 Å². The van der Waals surface area contributed by atoms with Crippen molar-refractivity contribution in [3.05, 3.63) is 59.9 Å². The molecule has 0 fully saturated rings. The number of amides is 2. The molecule has 2 amide bonds. The molecule has 2 aromatic rings. The first kappa shape index (κ1) is 18.4. The van der Waals surface area contributed by atoms with E-state index in [4.69, 9.17) is 9.57 Å². The van der Waals surface area contributed by atoms with Crippen molar-refractivity contribution < 1.29 is 19.2 Å². The highest BCUT2D eigenvalue weighted by Crippen LogP contribution is 2.12. The molecular weight excluding hydrogens is 322 g/mol. The minimum atomic E-state index is -0.618. The first-order chi connectivity index (χ1) is 11.8. The van der Waals surface area contributed by atoms with E-state index < -0.39 is 17.6 Å². The van der Waals surface area contributed by atoms with E-state index in [1.165, 1.54) is 18.5 Å². The number of aromatic nitrogens is 1. The predicted octanol–water partition coefficient (Wildman–Crippen LogP) is 3.29. The van der Waals surface area contributed by atoms with Gasteiger partial charge in [0.2, 0.25) is 0 Å². The molecule has 0 unspecified atom stereocenters. The lowest BCUT2D eigenvalue weighted by atomic mass is 10.2. The van der Waals surface area contributed by atoms with E-state index in [1.54, 1.807) is 20.8 Å². The lowest BCUT2D eigenvalue weighted by Crippen LogP contribution is -2.27. The van der Waals surface area contributed by atoms with Crippen LogP contribution < -0.4 is 10.8 Å². The van der Waals surface area contributed by atoms with Gasteiger partial charge in [0, 0.05) is 6.20 Å². The summed E-state index contributed by atoms with van der Waals surface area (Å²) in [7, 11) is 0. The number of rotatable bonds is 5. The Kier molecular flexibility index (Phi) is 6.08. The average molecular weight is 343 g/mol. The number of hydroxylamine groups is 1. The standard InChI is InChI=1S/C18H21N3O4/c1-18(2,3)25-17(23)20-15-9-14(10-19-11-15)16(22)21-24-12-13-7-5-4-6-8-13/h4-11H,12H2,1-3H3,(H,20,23)(H,21,22). The van der Waals surface area contributed by atoms with Gasteiger partial charge in [-0.05, 0) is 32.4 Å². The fourth-order valence-electron chi connectivity index (χ4n) is 1.87. The van der Waals surface area contributed by atoms with Gasteiger partial charge in [-0.15, -0.1) is 0 Å². The molecular formula is C18H21N3O4. The largest absolute Gasteiger partial charge is 0.444 e. The molecule has 0 radical (unpaired) electrons. The number of nitrogens with one attached hydrogen (secondary N) is 2. The van der Waals surface area contributed by atoms with Gasteiger partial charge in [0.05, 0.1) is 24.1 Å². The zero-order valence-corrected chi connectivity index (χ0v) is 14.4. The Morgan fingerprint density at radius 2 is 1.84 bits per heavy atom. The summed E-state index contributed by atoms with van der Waals surface area (Å²) in [5.74, 6) is -0.462. The molecule has 0 spiro atoms. The van der Waals surface area contributed by atoms with Gasteiger partial charge < -0.3 is 4.74 Å². The number of benzene rings is 1. The van der Waals surface area contributed by atoms with Crippen molar-refractivity contribution >= 4 is 17.7 Å². The van der Waals surface area contributed by atoms with Gasteiger partial charge in [-0.1, -0.05) is 30.3 Å². The average Bonchev–Trinajstić information content (AvgIpc) is 2.54. The first-order valence-corrected chi connectivity index (χ1v) is 7.74. The Labute approximate surface area is 146 Å². The van der Waals surface area contributed by atoms with Crippen molar-refractivity contribution in [1.29, 1.82) is 0 Å².